The molecular formula is C23H34N2O3Si. The average molecular weight is 415 g/mol. The zero-order valence-electron chi connectivity index (χ0n) is 18.6. The van der Waals surface area contributed by atoms with Crippen LogP contribution in [0.5, 0.6) is 0 Å². The Hall–Kier alpha value is -1.92. The summed E-state index contributed by atoms with van der Waals surface area (Å²) in [6.07, 6.45) is 4.15. The highest BCUT2D eigenvalue weighted by atomic mass is 28.4. The molecule has 29 heavy (non-hydrogen) atoms. The molecule has 0 spiro atoms. The number of aromatic amines is 1. The Bertz CT molecular complexity index is 998. The van der Waals surface area contributed by atoms with Gasteiger partial charge in [0, 0.05) is 30.1 Å². The van der Waals surface area contributed by atoms with Crippen LogP contribution in [0.1, 0.15) is 62.2 Å². The number of fused-ring (bicyclic) bond motifs is 1. The lowest BCUT2D eigenvalue weighted by molar-refractivity contribution is 0.171. The monoisotopic (exact) mass is 414 g/mol. The minimum Gasteiger partial charge on any atom is -0.410 e. The number of pyridine rings is 2. The van der Waals surface area contributed by atoms with Crippen molar-refractivity contribution in [2.75, 3.05) is 0 Å². The maximum Gasteiger partial charge on any atom is 0.256 e. The maximum atomic E-state index is 13.2. The Morgan fingerprint density at radius 2 is 1.93 bits per heavy atom. The van der Waals surface area contributed by atoms with Crippen molar-refractivity contribution >= 4 is 8.32 Å². The third kappa shape index (κ3) is 4.64. The van der Waals surface area contributed by atoms with Gasteiger partial charge in [0.1, 0.15) is 0 Å². The van der Waals surface area contributed by atoms with E-state index in [0.717, 1.165) is 36.2 Å². The maximum absolute atomic E-state index is 13.2. The van der Waals surface area contributed by atoms with E-state index in [2.05, 4.69) is 44.9 Å². The molecule has 158 valence electrons. The normalized spacial score (nSPS) is 15.4. The highest BCUT2D eigenvalue weighted by Gasteiger charge is 2.40. The van der Waals surface area contributed by atoms with Gasteiger partial charge in [-0.25, -0.2) is 0 Å². The molecule has 6 heteroatoms. The Balaban J connectivity index is 1.98. The summed E-state index contributed by atoms with van der Waals surface area (Å²) < 4.78 is 8.59. The van der Waals surface area contributed by atoms with Crippen molar-refractivity contribution in [2.45, 2.75) is 77.1 Å². The van der Waals surface area contributed by atoms with Gasteiger partial charge in [-0.3, -0.25) is 9.59 Å². The first-order valence-electron chi connectivity index (χ1n) is 10.6. The van der Waals surface area contributed by atoms with Gasteiger partial charge in [-0.05, 0) is 67.9 Å². The van der Waals surface area contributed by atoms with E-state index >= 15 is 0 Å². The van der Waals surface area contributed by atoms with Gasteiger partial charge in [0.25, 0.3) is 5.56 Å². The molecule has 0 radical (unpaired) electrons. The molecule has 0 aromatic carbocycles. The van der Waals surface area contributed by atoms with E-state index in [1.807, 2.05) is 17.7 Å². The van der Waals surface area contributed by atoms with Gasteiger partial charge in [0.2, 0.25) is 5.56 Å². The second-order valence-electron chi connectivity index (χ2n) is 9.74. The number of aryl methyl sites for hydroxylation is 2. The van der Waals surface area contributed by atoms with Gasteiger partial charge < -0.3 is 14.0 Å². The number of nitrogens with one attached hydrogen (secondary N) is 1. The van der Waals surface area contributed by atoms with Crippen molar-refractivity contribution in [3.8, 4) is 0 Å². The first-order chi connectivity index (χ1) is 13.5. The van der Waals surface area contributed by atoms with Gasteiger partial charge in [0.15, 0.2) is 8.32 Å². The summed E-state index contributed by atoms with van der Waals surface area (Å²) in [5.41, 5.74) is 4.03. The van der Waals surface area contributed by atoms with Crippen LogP contribution in [-0.2, 0) is 30.7 Å². The van der Waals surface area contributed by atoms with Gasteiger partial charge in [-0.1, -0.05) is 26.8 Å². The number of H-pyrrole nitrogens is 1. The fourth-order valence-corrected chi connectivity index (χ4v) is 5.13. The highest BCUT2D eigenvalue weighted by molar-refractivity contribution is 6.74. The minimum atomic E-state index is -2.09. The summed E-state index contributed by atoms with van der Waals surface area (Å²) in [5, 5.41) is 0.0499. The van der Waals surface area contributed by atoms with Crippen molar-refractivity contribution in [1.82, 2.24) is 9.55 Å². The van der Waals surface area contributed by atoms with Crippen LogP contribution in [0, 0.1) is 0 Å². The summed E-state index contributed by atoms with van der Waals surface area (Å²) in [6.45, 7) is 11.1. The summed E-state index contributed by atoms with van der Waals surface area (Å²) in [6, 6.07) is 7.30. The third-order valence-corrected chi connectivity index (χ3v) is 11.1. The third-order valence-electron chi connectivity index (χ3n) is 6.61. The van der Waals surface area contributed by atoms with E-state index in [1.54, 1.807) is 6.07 Å². The first kappa shape index (κ1) is 21.8. The van der Waals surface area contributed by atoms with Gasteiger partial charge in [-0.15, -0.1) is 0 Å². The van der Waals surface area contributed by atoms with Crippen molar-refractivity contribution in [3.05, 3.63) is 67.5 Å². The molecule has 1 aliphatic carbocycles. The first-order valence-corrected chi connectivity index (χ1v) is 13.5. The predicted octanol–water partition coefficient (Wildman–Crippen LogP) is 4.26. The zero-order chi connectivity index (χ0) is 21.4. The molecule has 0 fully saturated rings. The zero-order valence-corrected chi connectivity index (χ0v) is 19.6. The summed E-state index contributed by atoms with van der Waals surface area (Å²) in [4.78, 5) is 27.8. The van der Waals surface area contributed by atoms with Crippen LogP contribution in [0.2, 0.25) is 18.1 Å². The Labute approximate surface area is 174 Å². The molecule has 3 rings (SSSR count). The topological polar surface area (TPSA) is 64.1 Å². The molecular weight excluding hydrogens is 380 g/mol. The molecule has 1 atom stereocenters. The number of rotatable bonds is 6. The molecule has 5 nitrogen and oxygen atoms in total. The molecule has 2 aromatic heterocycles. The van der Waals surface area contributed by atoms with Crippen LogP contribution >= 0.6 is 0 Å². The van der Waals surface area contributed by atoms with E-state index in [0.29, 0.717) is 12.8 Å². The molecule has 0 aliphatic heterocycles. The lowest BCUT2D eigenvalue weighted by Crippen LogP contribution is -2.43. The fourth-order valence-electron chi connectivity index (χ4n) is 3.82. The lowest BCUT2D eigenvalue weighted by atomic mass is 10.0. The van der Waals surface area contributed by atoms with Crippen LogP contribution in [-0.4, -0.2) is 17.9 Å². The second kappa shape index (κ2) is 8.07. The van der Waals surface area contributed by atoms with Crippen molar-refractivity contribution in [1.29, 1.82) is 0 Å². The molecule has 1 N–H and O–H groups in total. The van der Waals surface area contributed by atoms with E-state index in [1.165, 1.54) is 11.6 Å². The van der Waals surface area contributed by atoms with Gasteiger partial charge in [-0.2, -0.15) is 0 Å². The van der Waals surface area contributed by atoms with E-state index in [9.17, 15) is 9.59 Å². The minimum absolute atomic E-state index is 0.0499. The lowest BCUT2D eigenvalue weighted by Gasteiger charge is -2.39. The molecule has 1 aliphatic rings. The Morgan fingerprint density at radius 1 is 1.21 bits per heavy atom. The van der Waals surface area contributed by atoms with Crippen molar-refractivity contribution < 1.29 is 4.43 Å². The Kier molecular flexibility index (Phi) is 6.06. The summed E-state index contributed by atoms with van der Waals surface area (Å²) in [5.74, 6) is 0. The number of aromatic nitrogens is 2. The quantitative estimate of drug-likeness (QED) is 0.719. The van der Waals surface area contributed by atoms with E-state index in [4.69, 9.17) is 4.43 Å². The van der Waals surface area contributed by atoms with Crippen LogP contribution < -0.4 is 11.1 Å². The van der Waals surface area contributed by atoms with Crippen molar-refractivity contribution in [3.63, 3.8) is 0 Å². The van der Waals surface area contributed by atoms with E-state index < -0.39 is 8.32 Å². The largest absolute Gasteiger partial charge is 0.410 e. The molecule has 0 amide bonds. The van der Waals surface area contributed by atoms with Crippen LogP contribution in [0.3, 0.4) is 0 Å². The summed E-state index contributed by atoms with van der Waals surface area (Å²) >= 11 is 0. The average Bonchev–Trinajstić information content (AvgIpc) is 3.09. The van der Waals surface area contributed by atoms with Crippen LogP contribution in [0.25, 0.3) is 0 Å². The standard InChI is InChI=1S/C23H34N2O3Si/c1-23(2,3)29(5,6)28-20(14-13-17-10-8-12-21(26)24-17)18-15-16-9-7-11-19(16)25(4)22(18)27/h8,10,12,15,20H,7,9,11,13-14H2,1-6H3,(H,24,26)/t20-/m0/s1. The summed E-state index contributed by atoms with van der Waals surface area (Å²) in [7, 11) is -0.203. The number of hydrogen-bond donors (Lipinski definition) is 1. The number of nitrogens with zero attached hydrogens (tertiary/aromatic N) is 1. The molecule has 0 saturated heterocycles. The van der Waals surface area contributed by atoms with E-state index in [-0.39, 0.29) is 22.3 Å². The molecule has 0 bridgehead atoms. The number of hydrogen-bond acceptors (Lipinski definition) is 3. The van der Waals surface area contributed by atoms with Crippen LogP contribution in [0.15, 0.2) is 33.9 Å². The highest BCUT2D eigenvalue weighted by Crippen LogP contribution is 2.40. The fraction of sp³-hybridized carbons (Fsp3) is 0.565. The van der Waals surface area contributed by atoms with Crippen LogP contribution in [0.4, 0.5) is 0 Å². The Morgan fingerprint density at radius 3 is 2.59 bits per heavy atom. The predicted molar refractivity (Wildman–Crippen MR) is 120 cm³/mol. The molecule has 0 unspecified atom stereocenters. The van der Waals surface area contributed by atoms with Crippen molar-refractivity contribution in [2.24, 2.45) is 7.05 Å². The molecule has 2 aromatic rings. The van der Waals surface area contributed by atoms with Gasteiger partial charge >= 0.3 is 0 Å². The van der Waals surface area contributed by atoms with Gasteiger partial charge in [0.05, 0.1) is 6.10 Å². The SMILES string of the molecule is Cn1c2c(cc([C@H](CCc3cccc(=O)[nH]3)O[Si](C)(C)C(C)(C)C)c1=O)CCC2. The molecule has 0 saturated carbocycles. The smallest absolute Gasteiger partial charge is 0.256 e. The second-order valence-corrected chi connectivity index (χ2v) is 14.5. The molecule has 2 heterocycles.